The Kier molecular flexibility index (Phi) is 2.28. The summed E-state index contributed by atoms with van der Waals surface area (Å²) >= 11 is 5.44. The van der Waals surface area contributed by atoms with Crippen molar-refractivity contribution >= 4 is 11.6 Å². The van der Waals surface area contributed by atoms with Crippen LogP contribution in [0.25, 0.3) is 0 Å². The van der Waals surface area contributed by atoms with Gasteiger partial charge in [0.2, 0.25) is 0 Å². The summed E-state index contributed by atoms with van der Waals surface area (Å²) in [4.78, 5) is 0. The van der Waals surface area contributed by atoms with Gasteiger partial charge in [-0.05, 0) is 18.9 Å². The largest absolute Gasteiger partial charge is 0.416 e. The van der Waals surface area contributed by atoms with Crippen LogP contribution in [-0.4, -0.2) is 6.18 Å². The summed E-state index contributed by atoms with van der Waals surface area (Å²) < 4.78 is 35.8. The van der Waals surface area contributed by atoms with E-state index in [1.807, 2.05) is 0 Å². The Morgan fingerprint density at radius 2 is 2.00 bits per heavy atom. The van der Waals surface area contributed by atoms with Crippen molar-refractivity contribution in [3.05, 3.63) is 22.8 Å². The van der Waals surface area contributed by atoms with Gasteiger partial charge in [-0.25, -0.2) is 0 Å². The Morgan fingerprint density at radius 1 is 1.36 bits per heavy atom. The number of hydrogen-bond acceptors (Lipinski definition) is 0. The van der Waals surface area contributed by atoms with Crippen molar-refractivity contribution in [2.45, 2.75) is 19.0 Å². The molecule has 0 atom stereocenters. The standard InChI is InChI=1S/C7H6ClF3/c8-6-3-1-2-5(4-6)7(9,10)11/h2,4H,1,3H2. The molecule has 0 heterocycles. The summed E-state index contributed by atoms with van der Waals surface area (Å²) in [6.45, 7) is 0. The number of halogens is 4. The summed E-state index contributed by atoms with van der Waals surface area (Å²) in [5, 5.41) is 0.278. The molecule has 0 nitrogen and oxygen atoms in total. The van der Waals surface area contributed by atoms with Crippen LogP contribution in [0.2, 0.25) is 0 Å². The van der Waals surface area contributed by atoms with Crippen LogP contribution < -0.4 is 0 Å². The molecule has 0 bridgehead atoms. The summed E-state index contributed by atoms with van der Waals surface area (Å²) in [6, 6.07) is 0. The van der Waals surface area contributed by atoms with E-state index in [-0.39, 0.29) is 5.03 Å². The molecule has 0 aliphatic heterocycles. The molecule has 0 aromatic carbocycles. The van der Waals surface area contributed by atoms with Gasteiger partial charge in [-0.3, -0.25) is 0 Å². The molecule has 0 saturated heterocycles. The molecular weight excluding hydrogens is 177 g/mol. The zero-order valence-corrected chi connectivity index (χ0v) is 6.34. The van der Waals surface area contributed by atoms with Gasteiger partial charge >= 0.3 is 6.18 Å². The Morgan fingerprint density at radius 3 is 2.36 bits per heavy atom. The fourth-order valence-electron chi connectivity index (χ4n) is 0.863. The van der Waals surface area contributed by atoms with E-state index in [0.29, 0.717) is 12.8 Å². The Balaban J connectivity index is 2.82. The second kappa shape index (κ2) is 2.89. The van der Waals surface area contributed by atoms with Crippen molar-refractivity contribution in [3.8, 4) is 0 Å². The Bertz CT molecular complexity index is 212. The minimum atomic E-state index is -4.25. The van der Waals surface area contributed by atoms with E-state index >= 15 is 0 Å². The van der Waals surface area contributed by atoms with Crippen LogP contribution in [0.3, 0.4) is 0 Å². The number of alkyl halides is 3. The molecule has 62 valence electrons. The molecule has 4 heteroatoms. The second-order valence-electron chi connectivity index (χ2n) is 2.29. The van der Waals surface area contributed by atoms with Gasteiger partial charge in [-0.15, -0.1) is 0 Å². The van der Waals surface area contributed by atoms with E-state index in [1.165, 1.54) is 0 Å². The van der Waals surface area contributed by atoms with Crippen LogP contribution in [0.15, 0.2) is 22.8 Å². The maximum atomic E-state index is 11.9. The third kappa shape index (κ3) is 2.26. The summed E-state index contributed by atoms with van der Waals surface area (Å²) in [6.07, 6.45) is -1.22. The zero-order valence-electron chi connectivity index (χ0n) is 5.58. The first-order chi connectivity index (χ1) is 5.00. The highest BCUT2D eigenvalue weighted by Crippen LogP contribution is 2.32. The SMILES string of the molecule is FC(F)(F)C1=CCCC(Cl)=C1. The lowest BCUT2D eigenvalue weighted by molar-refractivity contribution is -0.0886. The van der Waals surface area contributed by atoms with E-state index in [1.54, 1.807) is 0 Å². The van der Waals surface area contributed by atoms with Gasteiger partial charge in [0, 0.05) is 5.03 Å². The first kappa shape index (κ1) is 8.65. The maximum Gasteiger partial charge on any atom is 0.416 e. The van der Waals surface area contributed by atoms with Crippen molar-refractivity contribution in [3.63, 3.8) is 0 Å². The molecular formula is C7H6ClF3. The Hall–Kier alpha value is -0.440. The quantitative estimate of drug-likeness (QED) is 0.539. The third-order valence-electron chi connectivity index (χ3n) is 1.39. The summed E-state index contributed by atoms with van der Waals surface area (Å²) in [7, 11) is 0. The predicted octanol–water partition coefficient (Wildman–Crippen LogP) is 3.39. The molecule has 0 unspecified atom stereocenters. The highest BCUT2D eigenvalue weighted by Gasteiger charge is 2.32. The normalized spacial score (nSPS) is 19.3. The number of allylic oxidation sites excluding steroid dienone is 4. The highest BCUT2D eigenvalue weighted by atomic mass is 35.5. The fraction of sp³-hybridized carbons (Fsp3) is 0.429. The number of rotatable bonds is 0. The van der Waals surface area contributed by atoms with Crippen LogP contribution >= 0.6 is 11.6 Å². The van der Waals surface area contributed by atoms with Crippen LogP contribution in [0.4, 0.5) is 13.2 Å². The highest BCUT2D eigenvalue weighted by molar-refractivity contribution is 6.29. The number of hydrogen-bond donors (Lipinski definition) is 0. The molecule has 0 aromatic heterocycles. The van der Waals surface area contributed by atoms with Crippen molar-refractivity contribution in [1.29, 1.82) is 0 Å². The molecule has 11 heavy (non-hydrogen) atoms. The van der Waals surface area contributed by atoms with Gasteiger partial charge in [0.1, 0.15) is 0 Å². The zero-order chi connectivity index (χ0) is 8.48. The maximum absolute atomic E-state index is 11.9. The van der Waals surface area contributed by atoms with E-state index < -0.39 is 11.7 Å². The van der Waals surface area contributed by atoms with Crippen LogP contribution in [0.1, 0.15) is 12.8 Å². The third-order valence-corrected chi connectivity index (χ3v) is 1.68. The molecule has 1 rings (SSSR count). The topological polar surface area (TPSA) is 0 Å². The van der Waals surface area contributed by atoms with Crippen molar-refractivity contribution in [1.82, 2.24) is 0 Å². The first-order valence-corrected chi connectivity index (χ1v) is 3.51. The van der Waals surface area contributed by atoms with Gasteiger partial charge in [0.25, 0.3) is 0 Å². The molecule has 1 aliphatic rings. The molecule has 0 amide bonds. The lowest BCUT2D eigenvalue weighted by Gasteiger charge is -2.11. The molecule has 0 aromatic rings. The lowest BCUT2D eigenvalue weighted by atomic mass is 10.1. The van der Waals surface area contributed by atoms with E-state index in [4.69, 9.17) is 11.6 Å². The van der Waals surface area contributed by atoms with E-state index in [9.17, 15) is 13.2 Å². The molecule has 0 spiro atoms. The first-order valence-electron chi connectivity index (χ1n) is 3.13. The molecule has 1 aliphatic carbocycles. The van der Waals surface area contributed by atoms with Gasteiger partial charge < -0.3 is 0 Å². The average Bonchev–Trinajstić information content (AvgIpc) is 1.86. The predicted molar refractivity (Wildman–Crippen MR) is 37.3 cm³/mol. The Labute approximate surface area is 67.3 Å². The van der Waals surface area contributed by atoms with Crippen molar-refractivity contribution in [2.24, 2.45) is 0 Å². The second-order valence-corrected chi connectivity index (χ2v) is 2.77. The fourth-order valence-corrected chi connectivity index (χ4v) is 1.09. The monoisotopic (exact) mass is 182 g/mol. The van der Waals surface area contributed by atoms with E-state index in [0.717, 1.165) is 12.2 Å². The van der Waals surface area contributed by atoms with Gasteiger partial charge in [0.15, 0.2) is 0 Å². The summed E-state index contributed by atoms with van der Waals surface area (Å²) in [5.74, 6) is 0. The lowest BCUT2D eigenvalue weighted by Crippen LogP contribution is -2.11. The van der Waals surface area contributed by atoms with Crippen LogP contribution in [-0.2, 0) is 0 Å². The molecule has 0 radical (unpaired) electrons. The van der Waals surface area contributed by atoms with E-state index in [2.05, 4.69) is 0 Å². The van der Waals surface area contributed by atoms with Crippen molar-refractivity contribution < 1.29 is 13.2 Å². The van der Waals surface area contributed by atoms with Crippen LogP contribution in [0.5, 0.6) is 0 Å². The van der Waals surface area contributed by atoms with Gasteiger partial charge in [-0.2, -0.15) is 13.2 Å². The van der Waals surface area contributed by atoms with Gasteiger partial charge in [0.05, 0.1) is 5.57 Å². The minimum Gasteiger partial charge on any atom is -0.166 e. The minimum absolute atomic E-state index is 0.278. The van der Waals surface area contributed by atoms with Crippen LogP contribution in [0, 0.1) is 0 Å². The average molecular weight is 183 g/mol. The van der Waals surface area contributed by atoms with Gasteiger partial charge in [-0.1, -0.05) is 17.7 Å². The molecule has 0 fully saturated rings. The smallest absolute Gasteiger partial charge is 0.166 e. The summed E-state index contributed by atoms with van der Waals surface area (Å²) in [5.41, 5.74) is -0.631. The molecule has 0 saturated carbocycles. The molecule has 0 N–H and O–H groups in total. The van der Waals surface area contributed by atoms with Crippen molar-refractivity contribution in [2.75, 3.05) is 0 Å².